The van der Waals surface area contributed by atoms with Crippen molar-refractivity contribution in [2.24, 2.45) is 0 Å². The predicted molar refractivity (Wildman–Crippen MR) is 57.8 cm³/mol. The molecule has 1 aromatic carbocycles. The molecule has 4 nitrogen and oxygen atoms in total. The fraction of sp³-hybridized carbons (Fsp3) is 0.364. The number of carbonyl (C=O) groups is 1. The summed E-state index contributed by atoms with van der Waals surface area (Å²) in [7, 11) is 3.82. The lowest BCUT2D eigenvalue weighted by molar-refractivity contribution is -0.120. The SMILES string of the molecule is CN(C)c1ccc(C(C=O)C(O)O)cc1. The lowest BCUT2D eigenvalue weighted by Gasteiger charge is -2.16. The van der Waals surface area contributed by atoms with E-state index in [2.05, 4.69) is 0 Å². The Labute approximate surface area is 88.8 Å². The molecule has 1 atom stereocenters. The van der Waals surface area contributed by atoms with Gasteiger partial charge in [-0.2, -0.15) is 0 Å². The third-order valence-electron chi connectivity index (χ3n) is 2.26. The van der Waals surface area contributed by atoms with Crippen LogP contribution >= 0.6 is 0 Å². The van der Waals surface area contributed by atoms with Crippen molar-refractivity contribution in [2.45, 2.75) is 12.2 Å². The number of hydrogen-bond acceptors (Lipinski definition) is 4. The molecular weight excluding hydrogens is 194 g/mol. The van der Waals surface area contributed by atoms with Crippen molar-refractivity contribution < 1.29 is 15.0 Å². The second-order valence-electron chi connectivity index (χ2n) is 3.56. The second-order valence-corrected chi connectivity index (χ2v) is 3.56. The van der Waals surface area contributed by atoms with Gasteiger partial charge in [-0.15, -0.1) is 0 Å². The first-order valence-corrected chi connectivity index (χ1v) is 4.65. The van der Waals surface area contributed by atoms with Gasteiger partial charge in [0.2, 0.25) is 0 Å². The second kappa shape index (κ2) is 4.91. The number of nitrogens with zero attached hydrogens (tertiary/aromatic N) is 1. The molecule has 0 aliphatic heterocycles. The monoisotopic (exact) mass is 209 g/mol. The molecule has 1 unspecified atom stereocenters. The van der Waals surface area contributed by atoms with Gasteiger partial charge in [0, 0.05) is 19.8 Å². The van der Waals surface area contributed by atoms with Crippen LogP contribution in [0.25, 0.3) is 0 Å². The Morgan fingerprint density at radius 3 is 2.07 bits per heavy atom. The van der Waals surface area contributed by atoms with Crippen LogP contribution in [0.5, 0.6) is 0 Å². The maximum absolute atomic E-state index is 10.6. The van der Waals surface area contributed by atoms with E-state index < -0.39 is 12.2 Å². The van der Waals surface area contributed by atoms with Crippen LogP contribution in [0.4, 0.5) is 5.69 Å². The molecule has 0 saturated carbocycles. The van der Waals surface area contributed by atoms with Gasteiger partial charge < -0.3 is 19.9 Å². The van der Waals surface area contributed by atoms with Gasteiger partial charge >= 0.3 is 0 Å². The van der Waals surface area contributed by atoms with Gasteiger partial charge in [-0.25, -0.2) is 0 Å². The summed E-state index contributed by atoms with van der Waals surface area (Å²) in [6.45, 7) is 0. The Hall–Kier alpha value is -1.39. The minimum absolute atomic E-state index is 0.537. The maximum atomic E-state index is 10.6. The van der Waals surface area contributed by atoms with E-state index in [1.807, 2.05) is 31.1 Å². The van der Waals surface area contributed by atoms with E-state index in [9.17, 15) is 4.79 Å². The molecule has 0 aromatic heterocycles. The normalized spacial score (nSPS) is 12.6. The number of aliphatic hydroxyl groups is 2. The van der Waals surface area contributed by atoms with Crippen LogP contribution in [0.1, 0.15) is 11.5 Å². The molecule has 82 valence electrons. The maximum Gasteiger partial charge on any atom is 0.165 e. The van der Waals surface area contributed by atoms with Gasteiger partial charge in [-0.1, -0.05) is 12.1 Å². The summed E-state index contributed by atoms with van der Waals surface area (Å²) in [6, 6.07) is 7.09. The molecular formula is C11H15NO3. The third kappa shape index (κ3) is 2.78. The molecule has 0 aliphatic rings. The quantitative estimate of drug-likeness (QED) is 0.554. The Morgan fingerprint density at radius 1 is 1.20 bits per heavy atom. The van der Waals surface area contributed by atoms with E-state index in [1.165, 1.54) is 0 Å². The molecule has 0 aliphatic carbocycles. The van der Waals surface area contributed by atoms with E-state index in [0.717, 1.165) is 5.69 Å². The van der Waals surface area contributed by atoms with Gasteiger partial charge in [-0.3, -0.25) is 0 Å². The standard InChI is InChI=1S/C11H15NO3/c1-12(2)9-5-3-8(4-6-9)10(7-13)11(14)15/h3-7,10-11,14-15H,1-2H3. The topological polar surface area (TPSA) is 60.8 Å². The predicted octanol–water partition coefficient (Wildman–Crippen LogP) is 0.346. The van der Waals surface area contributed by atoms with Crippen LogP contribution in [0.2, 0.25) is 0 Å². The molecule has 0 amide bonds. The number of rotatable bonds is 4. The van der Waals surface area contributed by atoms with Gasteiger partial charge in [0.1, 0.15) is 6.29 Å². The summed E-state index contributed by atoms with van der Waals surface area (Å²) < 4.78 is 0. The van der Waals surface area contributed by atoms with Crippen LogP contribution in [-0.4, -0.2) is 36.9 Å². The highest BCUT2D eigenvalue weighted by atomic mass is 16.5. The van der Waals surface area contributed by atoms with Crippen LogP contribution in [-0.2, 0) is 4.79 Å². The fourth-order valence-corrected chi connectivity index (χ4v) is 1.32. The number of benzene rings is 1. The van der Waals surface area contributed by atoms with Gasteiger partial charge in [0.15, 0.2) is 6.29 Å². The first-order chi connectivity index (χ1) is 7.06. The Kier molecular flexibility index (Phi) is 3.82. The number of carbonyl (C=O) groups excluding carboxylic acids is 1. The van der Waals surface area contributed by atoms with Gasteiger partial charge in [-0.05, 0) is 17.7 Å². The van der Waals surface area contributed by atoms with Gasteiger partial charge in [0.05, 0.1) is 5.92 Å². The number of hydrogen-bond donors (Lipinski definition) is 2. The summed E-state index contributed by atoms with van der Waals surface area (Å²) in [5.41, 5.74) is 1.60. The fourth-order valence-electron chi connectivity index (χ4n) is 1.32. The molecule has 0 bridgehead atoms. The molecule has 2 N–H and O–H groups in total. The van der Waals surface area contributed by atoms with Crippen molar-refractivity contribution >= 4 is 12.0 Å². The van der Waals surface area contributed by atoms with Crippen molar-refractivity contribution in [3.8, 4) is 0 Å². The molecule has 1 aromatic rings. The van der Waals surface area contributed by atoms with Crippen molar-refractivity contribution in [3.05, 3.63) is 29.8 Å². The number of anilines is 1. The van der Waals surface area contributed by atoms with E-state index >= 15 is 0 Å². The molecule has 4 heteroatoms. The molecule has 1 rings (SSSR count). The Balaban J connectivity index is 2.92. The summed E-state index contributed by atoms with van der Waals surface area (Å²) in [5, 5.41) is 17.9. The summed E-state index contributed by atoms with van der Waals surface area (Å²) in [5.74, 6) is -0.874. The van der Waals surface area contributed by atoms with E-state index in [0.29, 0.717) is 11.8 Å². The van der Waals surface area contributed by atoms with Crippen molar-refractivity contribution in [3.63, 3.8) is 0 Å². The Morgan fingerprint density at radius 2 is 1.73 bits per heavy atom. The summed E-state index contributed by atoms with van der Waals surface area (Å²) in [6.07, 6.45) is -1.11. The Bertz CT molecular complexity index is 319. The first kappa shape index (κ1) is 11.7. The number of aliphatic hydroxyl groups excluding tert-OH is 1. The average molecular weight is 209 g/mol. The van der Waals surface area contributed by atoms with E-state index in [4.69, 9.17) is 10.2 Å². The van der Waals surface area contributed by atoms with E-state index in [1.54, 1.807) is 12.1 Å². The van der Waals surface area contributed by atoms with Crippen LogP contribution in [0.3, 0.4) is 0 Å². The zero-order chi connectivity index (χ0) is 11.4. The minimum Gasteiger partial charge on any atom is -0.378 e. The summed E-state index contributed by atoms with van der Waals surface area (Å²) in [4.78, 5) is 12.6. The average Bonchev–Trinajstić information content (AvgIpc) is 2.19. The highest BCUT2D eigenvalue weighted by Crippen LogP contribution is 2.20. The molecule has 0 fully saturated rings. The molecule has 0 saturated heterocycles. The van der Waals surface area contributed by atoms with Crippen molar-refractivity contribution in [1.29, 1.82) is 0 Å². The molecule has 0 radical (unpaired) electrons. The number of aldehydes is 1. The molecule has 0 heterocycles. The molecule has 0 spiro atoms. The lowest BCUT2D eigenvalue weighted by atomic mass is 10.00. The van der Waals surface area contributed by atoms with Crippen LogP contribution < -0.4 is 4.90 Å². The van der Waals surface area contributed by atoms with E-state index in [-0.39, 0.29) is 0 Å². The van der Waals surface area contributed by atoms with Crippen molar-refractivity contribution in [2.75, 3.05) is 19.0 Å². The summed E-state index contributed by atoms with van der Waals surface area (Å²) >= 11 is 0. The third-order valence-corrected chi connectivity index (χ3v) is 2.26. The smallest absolute Gasteiger partial charge is 0.165 e. The van der Waals surface area contributed by atoms with Crippen LogP contribution in [0, 0.1) is 0 Å². The lowest BCUT2D eigenvalue weighted by Crippen LogP contribution is -2.19. The zero-order valence-corrected chi connectivity index (χ0v) is 8.79. The van der Waals surface area contributed by atoms with Crippen molar-refractivity contribution in [1.82, 2.24) is 0 Å². The zero-order valence-electron chi connectivity index (χ0n) is 8.79. The first-order valence-electron chi connectivity index (χ1n) is 4.65. The minimum atomic E-state index is -1.65. The van der Waals surface area contributed by atoms with Gasteiger partial charge in [0.25, 0.3) is 0 Å². The molecule has 15 heavy (non-hydrogen) atoms. The van der Waals surface area contributed by atoms with Crippen LogP contribution in [0.15, 0.2) is 24.3 Å². The highest BCUT2D eigenvalue weighted by Gasteiger charge is 2.17. The highest BCUT2D eigenvalue weighted by molar-refractivity contribution is 5.63. The largest absolute Gasteiger partial charge is 0.378 e.